The van der Waals surface area contributed by atoms with E-state index in [2.05, 4.69) is 15.0 Å². The van der Waals surface area contributed by atoms with Gasteiger partial charge in [0, 0.05) is 6.07 Å². The lowest BCUT2D eigenvalue weighted by Crippen LogP contribution is -1.94. The lowest BCUT2D eigenvalue weighted by Gasteiger charge is -1.82. The number of carbonyl (C=O) groups excluding carboxylic acids is 1. The summed E-state index contributed by atoms with van der Waals surface area (Å²) < 4.78 is 4.67. The summed E-state index contributed by atoms with van der Waals surface area (Å²) >= 11 is 0. The lowest BCUT2D eigenvalue weighted by molar-refractivity contribution is -0.105. The maximum Gasteiger partial charge on any atom is 0.212 e. The van der Waals surface area contributed by atoms with E-state index in [4.69, 9.17) is 5.73 Å². The van der Waals surface area contributed by atoms with Crippen LogP contribution in [0.1, 0.15) is 5.76 Å². The van der Waals surface area contributed by atoms with E-state index in [1.165, 1.54) is 0 Å². The van der Waals surface area contributed by atoms with Crippen molar-refractivity contribution in [3.05, 3.63) is 11.8 Å². The normalized spacial score (nSPS) is 9.30. The van der Waals surface area contributed by atoms with Gasteiger partial charge in [0.25, 0.3) is 0 Å². The molecule has 1 rings (SSSR count). The van der Waals surface area contributed by atoms with E-state index in [-0.39, 0.29) is 6.54 Å². The fourth-order valence-electron chi connectivity index (χ4n) is 0.538. The largest absolute Gasteiger partial charge is 0.358 e. The van der Waals surface area contributed by atoms with Crippen molar-refractivity contribution in [3.8, 4) is 0 Å². The van der Waals surface area contributed by atoms with E-state index in [0.29, 0.717) is 18.0 Å². The molecule has 10 heavy (non-hydrogen) atoms. The van der Waals surface area contributed by atoms with Gasteiger partial charge in [-0.2, -0.15) is 0 Å². The van der Waals surface area contributed by atoms with Gasteiger partial charge in [0.1, 0.15) is 0 Å². The van der Waals surface area contributed by atoms with Gasteiger partial charge in [-0.25, -0.2) is 0 Å². The third-order valence-electron chi connectivity index (χ3n) is 0.967. The minimum atomic E-state index is 0.285. The molecule has 1 aromatic rings. The van der Waals surface area contributed by atoms with Crippen molar-refractivity contribution in [1.82, 2.24) is 5.16 Å². The quantitative estimate of drug-likeness (QED) is 0.566. The average molecular weight is 141 g/mol. The third-order valence-corrected chi connectivity index (χ3v) is 0.967. The molecule has 0 unspecified atom stereocenters. The van der Waals surface area contributed by atoms with Gasteiger partial charge in [0.2, 0.25) is 6.41 Å². The number of carbonyl (C=O) groups is 1. The van der Waals surface area contributed by atoms with Crippen LogP contribution in [0.4, 0.5) is 5.82 Å². The van der Waals surface area contributed by atoms with Gasteiger partial charge in [-0.05, 0) is 0 Å². The Hall–Kier alpha value is -1.36. The number of amides is 1. The summed E-state index contributed by atoms with van der Waals surface area (Å²) in [6.07, 6.45) is 0.526. The fraction of sp³-hybridized carbons (Fsp3) is 0.200. The molecule has 0 fully saturated rings. The zero-order valence-corrected chi connectivity index (χ0v) is 5.20. The number of nitrogens with one attached hydrogen (secondary N) is 1. The molecular weight excluding hydrogens is 134 g/mol. The number of hydrogen-bond donors (Lipinski definition) is 2. The lowest BCUT2D eigenvalue weighted by atomic mass is 10.4. The molecule has 0 atom stereocenters. The molecule has 0 saturated heterocycles. The molecule has 0 radical (unpaired) electrons. The van der Waals surface area contributed by atoms with Crippen LogP contribution in [0, 0.1) is 0 Å². The molecule has 1 heterocycles. The third kappa shape index (κ3) is 1.32. The van der Waals surface area contributed by atoms with E-state index < -0.39 is 0 Å². The Morgan fingerprint density at radius 1 is 1.90 bits per heavy atom. The van der Waals surface area contributed by atoms with Crippen LogP contribution in [0.5, 0.6) is 0 Å². The summed E-state index contributed by atoms with van der Waals surface area (Å²) in [5.41, 5.74) is 5.21. The number of aromatic nitrogens is 1. The van der Waals surface area contributed by atoms with Gasteiger partial charge in [-0.3, -0.25) is 4.79 Å². The monoisotopic (exact) mass is 141 g/mol. The molecule has 3 N–H and O–H groups in total. The van der Waals surface area contributed by atoms with Gasteiger partial charge in [-0.15, -0.1) is 0 Å². The smallest absolute Gasteiger partial charge is 0.212 e. The Morgan fingerprint density at radius 3 is 3.20 bits per heavy atom. The molecule has 1 aromatic heterocycles. The zero-order valence-electron chi connectivity index (χ0n) is 5.20. The van der Waals surface area contributed by atoms with Crippen LogP contribution in [0.15, 0.2) is 10.6 Å². The second-order valence-corrected chi connectivity index (χ2v) is 1.64. The second-order valence-electron chi connectivity index (χ2n) is 1.64. The zero-order chi connectivity index (χ0) is 7.40. The Kier molecular flexibility index (Phi) is 2.01. The number of nitrogens with zero attached hydrogens (tertiary/aromatic N) is 1. The van der Waals surface area contributed by atoms with E-state index in [1.54, 1.807) is 6.07 Å². The fourth-order valence-corrected chi connectivity index (χ4v) is 0.538. The predicted octanol–water partition coefficient (Wildman–Crippen LogP) is -0.298. The highest BCUT2D eigenvalue weighted by Crippen LogP contribution is 2.05. The first-order chi connectivity index (χ1) is 4.86. The molecule has 5 nitrogen and oxygen atoms in total. The minimum Gasteiger partial charge on any atom is -0.358 e. The van der Waals surface area contributed by atoms with Crippen LogP contribution in [0.25, 0.3) is 0 Å². The molecule has 0 saturated carbocycles. The first-order valence-electron chi connectivity index (χ1n) is 2.72. The van der Waals surface area contributed by atoms with Crippen LogP contribution >= 0.6 is 0 Å². The Morgan fingerprint density at radius 2 is 2.70 bits per heavy atom. The van der Waals surface area contributed by atoms with Gasteiger partial charge in [0.15, 0.2) is 11.6 Å². The number of hydrogen-bond acceptors (Lipinski definition) is 4. The summed E-state index contributed by atoms with van der Waals surface area (Å²) in [6.45, 7) is 0.285. The van der Waals surface area contributed by atoms with Gasteiger partial charge in [-0.1, -0.05) is 5.16 Å². The van der Waals surface area contributed by atoms with Crippen LogP contribution < -0.4 is 11.1 Å². The molecule has 1 amide bonds. The predicted molar refractivity (Wildman–Crippen MR) is 34.1 cm³/mol. The Balaban J connectivity index is 2.67. The first kappa shape index (κ1) is 6.76. The summed E-state index contributed by atoms with van der Waals surface area (Å²) in [7, 11) is 0. The van der Waals surface area contributed by atoms with Crippen LogP contribution in [0.3, 0.4) is 0 Å². The molecule has 0 aliphatic rings. The molecule has 54 valence electrons. The van der Waals surface area contributed by atoms with Crippen molar-refractivity contribution in [2.45, 2.75) is 6.54 Å². The number of anilines is 1. The Bertz CT molecular complexity index is 220. The highest BCUT2D eigenvalue weighted by molar-refractivity contribution is 5.68. The van der Waals surface area contributed by atoms with Gasteiger partial charge in [0.05, 0.1) is 6.54 Å². The number of nitrogens with two attached hydrogens (primary N) is 1. The van der Waals surface area contributed by atoms with Crippen molar-refractivity contribution in [1.29, 1.82) is 0 Å². The summed E-state index contributed by atoms with van der Waals surface area (Å²) in [4.78, 5) is 9.85. The van der Waals surface area contributed by atoms with Crippen LogP contribution in [-0.2, 0) is 11.3 Å². The van der Waals surface area contributed by atoms with Gasteiger partial charge >= 0.3 is 0 Å². The molecule has 5 heteroatoms. The molecule has 0 bridgehead atoms. The second kappa shape index (κ2) is 2.98. The van der Waals surface area contributed by atoms with Crippen molar-refractivity contribution >= 4 is 12.2 Å². The molecular formula is C5H7N3O2. The molecule has 0 aromatic carbocycles. The summed E-state index contributed by atoms with van der Waals surface area (Å²) in [6, 6.07) is 1.56. The van der Waals surface area contributed by atoms with E-state index in [9.17, 15) is 4.79 Å². The molecule has 0 spiro atoms. The standard InChI is InChI=1S/C5H7N3O2/c6-2-4-1-5(7-3-9)8-10-4/h1,3H,2,6H2,(H,7,8,9). The van der Waals surface area contributed by atoms with Crippen molar-refractivity contribution < 1.29 is 9.32 Å². The maximum atomic E-state index is 9.85. The highest BCUT2D eigenvalue weighted by Gasteiger charge is 1.98. The first-order valence-corrected chi connectivity index (χ1v) is 2.72. The number of rotatable bonds is 3. The van der Waals surface area contributed by atoms with E-state index in [1.807, 2.05) is 0 Å². The van der Waals surface area contributed by atoms with Crippen molar-refractivity contribution in [2.24, 2.45) is 5.73 Å². The minimum absolute atomic E-state index is 0.285. The van der Waals surface area contributed by atoms with E-state index in [0.717, 1.165) is 0 Å². The average Bonchev–Trinajstić information content (AvgIpc) is 2.37. The summed E-state index contributed by atoms with van der Waals surface area (Å²) in [5.74, 6) is 0.930. The summed E-state index contributed by atoms with van der Waals surface area (Å²) in [5, 5.41) is 5.80. The highest BCUT2D eigenvalue weighted by atomic mass is 16.5. The van der Waals surface area contributed by atoms with Gasteiger partial charge < -0.3 is 15.6 Å². The van der Waals surface area contributed by atoms with Crippen LogP contribution in [0.2, 0.25) is 0 Å². The SMILES string of the molecule is NCc1cc(NC=O)no1. The van der Waals surface area contributed by atoms with E-state index >= 15 is 0 Å². The molecule has 0 aliphatic heterocycles. The van der Waals surface area contributed by atoms with Crippen LogP contribution in [-0.4, -0.2) is 11.6 Å². The molecule has 0 aliphatic carbocycles. The maximum absolute atomic E-state index is 9.85. The topological polar surface area (TPSA) is 81.1 Å². The Labute approximate surface area is 57.2 Å². The van der Waals surface area contributed by atoms with Crippen molar-refractivity contribution in [2.75, 3.05) is 5.32 Å². The van der Waals surface area contributed by atoms with Crippen molar-refractivity contribution in [3.63, 3.8) is 0 Å².